The average molecular weight is 628 g/mol. The van der Waals surface area contributed by atoms with Gasteiger partial charge >= 0.3 is 0 Å². The van der Waals surface area contributed by atoms with Gasteiger partial charge in [-0.3, -0.25) is 19.3 Å². The Morgan fingerprint density at radius 2 is 1.72 bits per heavy atom. The fourth-order valence-corrected chi connectivity index (χ4v) is 7.31. The molecule has 0 saturated heterocycles. The molecule has 4 unspecified atom stereocenters. The molecule has 3 aromatic rings. The van der Waals surface area contributed by atoms with Crippen molar-refractivity contribution in [3.05, 3.63) is 106 Å². The summed E-state index contributed by atoms with van der Waals surface area (Å²) >= 11 is 0. The fourth-order valence-electron chi connectivity index (χ4n) is 7.31. The maximum atomic E-state index is 14.0. The zero-order chi connectivity index (χ0) is 33.1. The number of aliphatic hydroxyl groups is 3. The summed E-state index contributed by atoms with van der Waals surface area (Å²) < 4.78 is 13.5. The van der Waals surface area contributed by atoms with Gasteiger partial charge in [0, 0.05) is 24.6 Å². The molecule has 10 nitrogen and oxygen atoms in total. The maximum absolute atomic E-state index is 14.0. The van der Waals surface area contributed by atoms with E-state index in [-0.39, 0.29) is 35.5 Å². The summed E-state index contributed by atoms with van der Waals surface area (Å²) in [7, 11) is 3.12. The van der Waals surface area contributed by atoms with E-state index < -0.39 is 58.0 Å². The van der Waals surface area contributed by atoms with E-state index in [4.69, 9.17) is 5.73 Å². The lowest BCUT2D eigenvalue weighted by Gasteiger charge is -2.50. The number of rotatable bonds is 7. The number of Topliss-reactive ketones (excluding diaryl/α,β-unsaturated/α-hetero) is 2. The summed E-state index contributed by atoms with van der Waals surface area (Å²) in [5.74, 6) is -7.16. The highest BCUT2D eigenvalue weighted by Crippen LogP contribution is 2.53. The highest BCUT2D eigenvalue weighted by molar-refractivity contribution is 6.24. The number of phenolic OH excluding ortho intramolecular Hbond substituents is 1. The SMILES string of the molecule is CN(C)C1C(=O)C(C(N)=O)=C(O)C2(O)C(=O)C3=C(O)c4c(O)ccc(-c5ccc(CNCc6cccc(F)c6)cc5)c4CC3CC12. The Bertz CT molecular complexity index is 1850. The summed E-state index contributed by atoms with van der Waals surface area (Å²) in [6, 6.07) is 16.0. The van der Waals surface area contributed by atoms with Crippen LogP contribution in [0.2, 0.25) is 0 Å². The monoisotopic (exact) mass is 627 g/mol. The second-order valence-corrected chi connectivity index (χ2v) is 12.4. The molecule has 238 valence electrons. The number of hydrogen-bond donors (Lipinski definition) is 6. The molecule has 0 radical (unpaired) electrons. The van der Waals surface area contributed by atoms with E-state index in [9.17, 15) is 39.2 Å². The van der Waals surface area contributed by atoms with Gasteiger partial charge in [0.25, 0.3) is 5.91 Å². The first-order valence-corrected chi connectivity index (χ1v) is 14.9. The number of ketones is 2. The van der Waals surface area contributed by atoms with E-state index in [1.54, 1.807) is 26.2 Å². The molecule has 3 aliphatic carbocycles. The molecule has 4 atom stereocenters. The molecule has 11 heteroatoms. The topological polar surface area (TPSA) is 173 Å². The number of nitrogens with one attached hydrogen (secondary N) is 1. The highest BCUT2D eigenvalue weighted by atomic mass is 19.1. The summed E-state index contributed by atoms with van der Waals surface area (Å²) in [6.07, 6.45) is 0.200. The minimum Gasteiger partial charge on any atom is -0.508 e. The minimum atomic E-state index is -2.68. The molecule has 1 amide bonds. The van der Waals surface area contributed by atoms with E-state index in [1.807, 2.05) is 30.3 Å². The summed E-state index contributed by atoms with van der Waals surface area (Å²) in [5.41, 5.74) is 5.60. The predicted octanol–water partition coefficient (Wildman–Crippen LogP) is 3.06. The Labute approximate surface area is 264 Å². The third kappa shape index (κ3) is 4.87. The number of amides is 1. The van der Waals surface area contributed by atoms with Gasteiger partial charge in [0.1, 0.15) is 28.7 Å². The van der Waals surface area contributed by atoms with Crippen molar-refractivity contribution >= 4 is 23.2 Å². The number of phenols is 1. The van der Waals surface area contributed by atoms with E-state index in [2.05, 4.69) is 5.32 Å². The van der Waals surface area contributed by atoms with E-state index in [1.165, 1.54) is 23.1 Å². The molecule has 0 aliphatic heterocycles. The van der Waals surface area contributed by atoms with Crippen LogP contribution in [0, 0.1) is 17.7 Å². The predicted molar refractivity (Wildman–Crippen MR) is 167 cm³/mol. The molecule has 6 rings (SSSR count). The highest BCUT2D eigenvalue weighted by Gasteiger charge is 2.64. The zero-order valence-electron chi connectivity index (χ0n) is 25.3. The number of carbonyl (C=O) groups is 3. The fraction of sp³-hybridized carbons (Fsp3) is 0.286. The van der Waals surface area contributed by atoms with Crippen LogP contribution >= 0.6 is 0 Å². The normalized spacial score (nSPS) is 24.2. The van der Waals surface area contributed by atoms with Gasteiger partial charge in [-0.15, -0.1) is 0 Å². The molecular weight excluding hydrogens is 593 g/mol. The number of hydrogen-bond acceptors (Lipinski definition) is 9. The van der Waals surface area contributed by atoms with Crippen molar-refractivity contribution in [1.82, 2.24) is 10.2 Å². The van der Waals surface area contributed by atoms with Crippen LogP contribution in [0.1, 0.15) is 28.7 Å². The molecule has 0 aromatic heterocycles. The third-order valence-corrected chi connectivity index (χ3v) is 9.42. The number of nitrogens with zero attached hydrogens (tertiary/aromatic N) is 1. The third-order valence-electron chi connectivity index (χ3n) is 9.42. The second-order valence-electron chi connectivity index (χ2n) is 12.4. The Balaban J connectivity index is 1.35. The van der Waals surface area contributed by atoms with Crippen molar-refractivity contribution in [2.24, 2.45) is 17.6 Å². The van der Waals surface area contributed by atoms with Crippen LogP contribution < -0.4 is 11.1 Å². The molecule has 1 saturated carbocycles. The number of nitrogens with two attached hydrogens (primary N) is 1. The minimum absolute atomic E-state index is 0.0107. The molecule has 3 aromatic carbocycles. The number of benzene rings is 3. The number of primary amides is 1. The standard InChI is InChI=1S/C35H34FN3O7/c1-39(2)29-24-14-20-13-23-22(19-8-6-17(7-9-19)15-38-16-18-4-3-5-21(36)12-18)10-11-25(40)27(23)30(41)26(20)32(43)35(24,46)33(44)28(31(29)42)34(37)45/h3-12,20,24,29,38,40-41,44,46H,13-16H2,1-2H3,(H2,37,45). The summed E-state index contributed by atoms with van der Waals surface area (Å²) in [4.78, 5) is 41.0. The van der Waals surface area contributed by atoms with Crippen LogP contribution in [0.5, 0.6) is 5.75 Å². The summed E-state index contributed by atoms with van der Waals surface area (Å²) in [6.45, 7) is 1.03. The van der Waals surface area contributed by atoms with Crippen molar-refractivity contribution in [3.63, 3.8) is 0 Å². The molecular formula is C35H34FN3O7. The number of fused-ring (bicyclic) bond motifs is 3. The molecule has 46 heavy (non-hydrogen) atoms. The number of aromatic hydroxyl groups is 1. The van der Waals surface area contributed by atoms with Crippen LogP contribution in [0.15, 0.2) is 77.6 Å². The molecule has 0 heterocycles. The lowest BCUT2D eigenvalue weighted by atomic mass is 9.57. The van der Waals surface area contributed by atoms with Gasteiger partial charge < -0.3 is 31.5 Å². The number of carbonyl (C=O) groups excluding carboxylic acids is 3. The lowest BCUT2D eigenvalue weighted by Crippen LogP contribution is -2.65. The van der Waals surface area contributed by atoms with Gasteiger partial charge in [0.15, 0.2) is 11.4 Å². The number of halogens is 1. The molecule has 0 spiro atoms. The molecule has 7 N–H and O–H groups in total. The van der Waals surface area contributed by atoms with Crippen molar-refractivity contribution in [3.8, 4) is 16.9 Å². The molecule has 1 fully saturated rings. The van der Waals surface area contributed by atoms with E-state index >= 15 is 0 Å². The molecule has 3 aliphatic rings. The van der Waals surface area contributed by atoms with Crippen LogP contribution in [0.3, 0.4) is 0 Å². The van der Waals surface area contributed by atoms with Gasteiger partial charge in [-0.2, -0.15) is 0 Å². The first kappa shape index (κ1) is 31.2. The number of likely N-dealkylation sites (N-methyl/N-ethyl adjacent to an activating group) is 1. The van der Waals surface area contributed by atoms with Crippen molar-refractivity contribution < 1.29 is 39.2 Å². The van der Waals surface area contributed by atoms with Crippen LogP contribution in [-0.4, -0.2) is 68.5 Å². The van der Waals surface area contributed by atoms with E-state index in [0.29, 0.717) is 24.2 Å². The first-order chi connectivity index (χ1) is 21.8. The smallest absolute Gasteiger partial charge is 0.255 e. The Morgan fingerprint density at radius 3 is 2.37 bits per heavy atom. The Kier molecular flexibility index (Phi) is 7.79. The van der Waals surface area contributed by atoms with Crippen LogP contribution in [0.4, 0.5) is 4.39 Å². The molecule has 0 bridgehead atoms. The van der Waals surface area contributed by atoms with Gasteiger partial charge in [-0.05, 0) is 78.9 Å². The summed E-state index contributed by atoms with van der Waals surface area (Å²) in [5, 5.41) is 48.4. The van der Waals surface area contributed by atoms with Crippen molar-refractivity contribution in [2.45, 2.75) is 37.6 Å². The van der Waals surface area contributed by atoms with Crippen LogP contribution in [0.25, 0.3) is 16.9 Å². The first-order valence-electron chi connectivity index (χ1n) is 14.9. The van der Waals surface area contributed by atoms with Gasteiger partial charge in [-0.25, -0.2) is 4.39 Å². The van der Waals surface area contributed by atoms with Crippen LogP contribution in [-0.2, 0) is 33.9 Å². The average Bonchev–Trinajstić information content (AvgIpc) is 2.99. The van der Waals surface area contributed by atoms with Crippen molar-refractivity contribution in [2.75, 3.05) is 14.1 Å². The Hall–Kier alpha value is -4.84. The van der Waals surface area contributed by atoms with Gasteiger partial charge in [-0.1, -0.05) is 42.5 Å². The zero-order valence-corrected chi connectivity index (χ0v) is 25.3. The lowest BCUT2D eigenvalue weighted by molar-refractivity contribution is -0.153. The maximum Gasteiger partial charge on any atom is 0.255 e. The van der Waals surface area contributed by atoms with Gasteiger partial charge in [0.2, 0.25) is 5.78 Å². The second kappa shape index (κ2) is 11.5. The van der Waals surface area contributed by atoms with Gasteiger partial charge in [0.05, 0.1) is 11.6 Å². The largest absolute Gasteiger partial charge is 0.508 e. The van der Waals surface area contributed by atoms with E-state index in [0.717, 1.165) is 16.7 Å². The quantitative estimate of drug-likeness (QED) is 0.215. The Morgan fingerprint density at radius 1 is 1.02 bits per heavy atom. The number of aliphatic hydroxyl groups excluding tert-OH is 2. The van der Waals surface area contributed by atoms with Crippen molar-refractivity contribution in [1.29, 1.82) is 0 Å².